The van der Waals surface area contributed by atoms with Crippen molar-refractivity contribution in [1.29, 1.82) is 0 Å². The molecular formula is C22H19ClN2O8S2. The standard InChI is InChI=1S/C22H19ClN2O8S2/c1-32-20-9-7-15(12-16(20)22(26)27)34(28,29)24-17-8-6-14(23)11-18(17)25-35(30,31)21-10-13-4-2-3-5-19(13)33-21/h2-6,8,10-12,24-25H,7,9H2,1H3,(H,26,27). The molecule has 13 heteroatoms. The minimum absolute atomic E-state index is 0.0110. The molecule has 4 rings (SSSR count). The largest absolute Gasteiger partial charge is 0.500 e. The van der Waals surface area contributed by atoms with E-state index in [2.05, 4.69) is 9.44 Å². The highest BCUT2D eigenvalue weighted by molar-refractivity contribution is 7.96. The number of rotatable bonds is 8. The summed E-state index contributed by atoms with van der Waals surface area (Å²) in [5.74, 6) is -1.18. The molecule has 3 aromatic rings. The third-order valence-corrected chi connectivity index (χ3v) is 8.12. The van der Waals surface area contributed by atoms with Crippen molar-refractivity contribution in [1.82, 2.24) is 0 Å². The van der Waals surface area contributed by atoms with Crippen LogP contribution >= 0.6 is 11.6 Å². The highest BCUT2D eigenvalue weighted by atomic mass is 35.5. The number of sulfonamides is 2. The molecule has 0 amide bonds. The molecule has 184 valence electrons. The summed E-state index contributed by atoms with van der Waals surface area (Å²) in [5, 5.41) is 9.73. The number of hydrogen-bond acceptors (Lipinski definition) is 7. The fourth-order valence-electron chi connectivity index (χ4n) is 3.48. The lowest BCUT2D eigenvalue weighted by Gasteiger charge is -2.19. The summed E-state index contributed by atoms with van der Waals surface area (Å²) in [6, 6.07) is 12.0. The second-order valence-corrected chi connectivity index (χ2v) is 11.2. The summed E-state index contributed by atoms with van der Waals surface area (Å²) < 4.78 is 67.1. The lowest BCUT2D eigenvalue weighted by molar-refractivity contribution is -0.132. The average Bonchev–Trinajstić information content (AvgIpc) is 3.25. The number of fused-ring (bicyclic) bond motifs is 1. The van der Waals surface area contributed by atoms with Gasteiger partial charge in [-0.25, -0.2) is 13.2 Å². The molecule has 0 unspecified atom stereocenters. The van der Waals surface area contributed by atoms with Crippen LogP contribution in [0.1, 0.15) is 12.8 Å². The van der Waals surface area contributed by atoms with Gasteiger partial charge in [-0.1, -0.05) is 29.8 Å². The predicted molar refractivity (Wildman–Crippen MR) is 130 cm³/mol. The summed E-state index contributed by atoms with van der Waals surface area (Å²) in [7, 11) is -7.20. The molecule has 0 bridgehead atoms. The van der Waals surface area contributed by atoms with Gasteiger partial charge in [0.2, 0.25) is 5.09 Å². The number of hydrogen-bond donors (Lipinski definition) is 3. The van der Waals surface area contributed by atoms with Crippen molar-refractivity contribution in [2.75, 3.05) is 16.6 Å². The number of halogens is 1. The van der Waals surface area contributed by atoms with Gasteiger partial charge in [-0.15, -0.1) is 0 Å². The average molecular weight is 539 g/mol. The van der Waals surface area contributed by atoms with E-state index in [0.29, 0.717) is 11.0 Å². The quantitative estimate of drug-likeness (QED) is 0.384. The monoisotopic (exact) mass is 538 g/mol. The van der Waals surface area contributed by atoms with Gasteiger partial charge >= 0.3 is 5.97 Å². The number of allylic oxidation sites excluding steroid dienone is 2. The van der Waals surface area contributed by atoms with E-state index < -0.39 is 26.0 Å². The van der Waals surface area contributed by atoms with Crippen molar-refractivity contribution in [2.45, 2.75) is 17.9 Å². The van der Waals surface area contributed by atoms with Gasteiger partial charge in [-0.3, -0.25) is 9.44 Å². The van der Waals surface area contributed by atoms with Crippen molar-refractivity contribution in [3.05, 3.63) is 75.9 Å². The Balaban J connectivity index is 1.67. The first-order valence-electron chi connectivity index (χ1n) is 10.0. The van der Waals surface area contributed by atoms with Crippen LogP contribution < -0.4 is 9.44 Å². The molecule has 1 aromatic heterocycles. The Labute approximate surface area is 205 Å². The highest BCUT2D eigenvalue weighted by Gasteiger charge is 2.28. The van der Waals surface area contributed by atoms with E-state index in [1.165, 1.54) is 31.4 Å². The second-order valence-electron chi connectivity index (χ2n) is 7.46. The molecule has 0 fully saturated rings. The van der Waals surface area contributed by atoms with Crippen LogP contribution in [0.25, 0.3) is 11.0 Å². The normalized spacial score (nSPS) is 14.5. The third-order valence-electron chi connectivity index (χ3n) is 5.16. The Morgan fingerprint density at radius 2 is 1.71 bits per heavy atom. The first-order chi connectivity index (χ1) is 16.5. The molecule has 2 aromatic carbocycles. The lowest BCUT2D eigenvalue weighted by atomic mass is 10.1. The molecule has 0 spiro atoms. The van der Waals surface area contributed by atoms with Crippen molar-refractivity contribution in [3.8, 4) is 0 Å². The maximum absolute atomic E-state index is 13.0. The fourth-order valence-corrected chi connectivity index (χ4v) is 5.93. The smallest absolute Gasteiger partial charge is 0.339 e. The van der Waals surface area contributed by atoms with Crippen molar-refractivity contribution in [3.63, 3.8) is 0 Å². The van der Waals surface area contributed by atoms with E-state index in [0.717, 1.165) is 6.08 Å². The molecule has 35 heavy (non-hydrogen) atoms. The zero-order chi connectivity index (χ0) is 25.4. The van der Waals surface area contributed by atoms with E-state index in [1.807, 2.05) is 0 Å². The maximum atomic E-state index is 13.0. The summed E-state index contributed by atoms with van der Waals surface area (Å²) in [6.45, 7) is 0. The summed E-state index contributed by atoms with van der Waals surface area (Å²) in [6.07, 6.45) is 1.07. The molecule has 0 saturated heterocycles. The molecule has 0 radical (unpaired) electrons. The number of para-hydroxylation sites is 1. The van der Waals surface area contributed by atoms with Gasteiger partial charge in [0.05, 0.1) is 29.0 Å². The van der Waals surface area contributed by atoms with Crippen LogP contribution in [0.15, 0.2) is 80.4 Å². The number of ether oxygens (including phenoxy) is 1. The van der Waals surface area contributed by atoms with Crippen molar-refractivity contribution in [2.24, 2.45) is 0 Å². The number of nitrogens with one attached hydrogen (secondary N) is 2. The lowest BCUT2D eigenvalue weighted by Crippen LogP contribution is -2.21. The van der Waals surface area contributed by atoms with Crippen molar-refractivity contribution >= 4 is 60.0 Å². The Hall–Kier alpha value is -3.48. The fraction of sp³-hybridized carbons (Fsp3) is 0.136. The van der Waals surface area contributed by atoms with Crippen molar-refractivity contribution < 1.29 is 35.9 Å². The minimum Gasteiger partial charge on any atom is -0.500 e. The number of carboxylic acid groups (broad SMARTS) is 1. The minimum atomic E-state index is -4.25. The van der Waals surface area contributed by atoms with Gasteiger partial charge in [0, 0.05) is 22.9 Å². The molecule has 10 nitrogen and oxygen atoms in total. The van der Waals surface area contributed by atoms with Crippen LogP contribution in [0, 0.1) is 0 Å². The maximum Gasteiger partial charge on any atom is 0.339 e. The topological polar surface area (TPSA) is 152 Å². The number of carbonyl (C=O) groups is 1. The van der Waals surface area contributed by atoms with Crippen LogP contribution in [0.3, 0.4) is 0 Å². The van der Waals surface area contributed by atoms with E-state index in [9.17, 15) is 26.7 Å². The second kappa shape index (κ2) is 9.29. The predicted octanol–water partition coefficient (Wildman–Crippen LogP) is 4.29. The molecule has 1 aliphatic carbocycles. The van der Waals surface area contributed by atoms with Gasteiger partial charge in [-0.2, -0.15) is 8.42 Å². The van der Waals surface area contributed by atoms with Gasteiger partial charge in [0.1, 0.15) is 11.3 Å². The molecule has 1 heterocycles. The number of carboxylic acids is 1. The first-order valence-corrected chi connectivity index (χ1v) is 13.4. The van der Waals surface area contributed by atoms with Crippen LogP contribution in [-0.2, 0) is 29.6 Å². The Bertz CT molecular complexity index is 1570. The number of aliphatic carboxylic acids is 1. The summed E-state index contributed by atoms with van der Waals surface area (Å²) >= 11 is 6.03. The molecule has 1 aliphatic rings. The number of benzene rings is 2. The molecule has 3 N–H and O–H groups in total. The number of methoxy groups -OCH3 is 1. The SMILES string of the molecule is COC1=C(C(=O)O)C=C(S(=O)(=O)Nc2ccc(Cl)cc2NS(=O)(=O)c2cc3ccccc3o2)CC1. The zero-order valence-electron chi connectivity index (χ0n) is 18.1. The Morgan fingerprint density at radius 1 is 1.00 bits per heavy atom. The Morgan fingerprint density at radius 3 is 2.40 bits per heavy atom. The molecular weight excluding hydrogens is 520 g/mol. The Kier molecular flexibility index (Phi) is 6.54. The van der Waals surface area contributed by atoms with E-state index in [1.54, 1.807) is 24.3 Å². The molecule has 0 atom stereocenters. The first kappa shape index (κ1) is 24.6. The molecule has 0 aliphatic heterocycles. The van der Waals surface area contributed by atoms with Crippen LogP contribution in [0.5, 0.6) is 0 Å². The number of furan rings is 1. The van der Waals surface area contributed by atoms with E-state index in [4.69, 9.17) is 20.8 Å². The van der Waals surface area contributed by atoms with Gasteiger partial charge in [0.15, 0.2) is 0 Å². The van der Waals surface area contributed by atoms with Crippen LogP contribution in [0.2, 0.25) is 5.02 Å². The van der Waals surface area contributed by atoms with Gasteiger partial charge in [0.25, 0.3) is 20.0 Å². The van der Waals surface area contributed by atoms with Crippen LogP contribution in [-0.4, -0.2) is 35.0 Å². The van der Waals surface area contributed by atoms with Crippen LogP contribution in [0.4, 0.5) is 11.4 Å². The van der Waals surface area contributed by atoms with Gasteiger partial charge < -0.3 is 14.3 Å². The third kappa shape index (κ3) is 5.14. The van der Waals surface area contributed by atoms with E-state index >= 15 is 0 Å². The zero-order valence-corrected chi connectivity index (χ0v) is 20.5. The van der Waals surface area contributed by atoms with Gasteiger partial charge in [-0.05, 0) is 36.8 Å². The number of anilines is 2. The van der Waals surface area contributed by atoms with E-state index in [-0.39, 0.29) is 50.6 Å². The molecule has 0 saturated carbocycles. The summed E-state index contributed by atoms with van der Waals surface area (Å²) in [4.78, 5) is 11.3. The summed E-state index contributed by atoms with van der Waals surface area (Å²) in [5.41, 5.74) is -0.180. The highest BCUT2D eigenvalue weighted by Crippen LogP contribution is 2.33.